The summed E-state index contributed by atoms with van der Waals surface area (Å²) in [5.41, 5.74) is 1.51. The Morgan fingerprint density at radius 2 is 1.85 bits per heavy atom. The maximum atomic E-state index is 12.3. The number of amides is 1. The summed E-state index contributed by atoms with van der Waals surface area (Å²) in [5, 5.41) is 5.70. The van der Waals surface area contributed by atoms with Crippen LogP contribution >= 0.6 is 15.9 Å². The van der Waals surface area contributed by atoms with Gasteiger partial charge in [-0.05, 0) is 29.7 Å². The molecule has 1 N–H and O–H groups in total. The number of nitrogens with zero attached hydrogens (tertiary/aromatic N) is 2. The minimum atomic E-state index is -0.247. The molecule has 0 radical (unpaired) electrons. The van der Waals surface area contributed by atoms with E-state index in [-0.39, 0.29) is 12.5 Å². The molecule has 0 aliphatic rings. The Hall–Kier alpha value is -2.99. The van der Waals surface area contributed by atoms with E-state index >= 15 is 0 Å². The summed E-state index contributed by atoms with van der Waals surface area (Å²) in [4.78, 5) is 20.7. The number of anilines is 1. The molecule has 0 aliphatic carbocycles. The molecule has 26 heavy (non-hydrogen) atoms. The molecule has 4 aromatic rings. The molecule has 0 bridgehead atoms. The van der Waals surface area contributed by atoms with Crippen LogP contribution in [0.5, 0.6) is 5.88 Å². The van der Waals surface area contributed by atoms with Gasteiger partial charge < -0.3 is 10.1 Å². The van der Waals surface area contributed by atoms with Gasteiger partial charge in [-0.3, -0.25) is 4.79 Å². The second kappa shape index (κ2) is 7.09. The Balaban J connectivity index is 1.52. The number of halogens is 1. The monoisotopic (exact) mass is 407 g/mol. The minimum Gasteiger partial charge on any atom is -0.467 e. The van der Waals surface area contributed by atoms with Gasteiger partial charge in [0.05, 0.1) is 10.9 Å². The number of hydrogen-bond donors (Lipinski definition) is 1. The third kappa shape index (κ3) is 3.36. The zero-order valence-corrected chi connectivity index (χ0v) is 15.2. The average molecular weight is 408 g/mol. The van der Waals surface area contributed by atoms with Gasteiger partial charge in [0, 0.05) is 15.5 Å². The summed E-state index contributed by atoms with van der Waals surface area (Å²) in [5.74, 6) is 0.132. The Morgan fingerprint density at radius 3 is 2.77 bits per heavy atom. The summed E-state index contributed by atoms with van der Waals surface area (Å²) < 4.78 is 6.53. The van der Waals surface area contributed by atoms with Crippen molar-refractivity contribution in [3.8, 4) is 5.88 Å². The van der Waals surface area contributed by atoms with Gasteiger partial charge in [-0.15, -0.1) is 0 Å². The first-order valence-corrected chi connectivity index (χ1v) is 8.81. The standard InChI is InChI=1S/C20H14BrN3O2/c21-14-8-9-17-16(10-14)20(23-12-22-17)26-11-19(25)24-18-7-3-5-13-4-1-2-6-15(13)18/h1-10,12H,11H2,(H,24,25). The van der Waals surface area contributed by atoms with Crippen molar-refractivity contribution in [1.82, 2.24) is 9.97 Å². The van der Waals surface area contributed by atoms with E-state index in [1.54, 1.807) is 0 Å². The van der Waals surface area contributed by atoms with Gasteiger partial charge in [0.1, 0.15) is 6.33 Å². The maximum absolute atomic E-state index is 12.3. The number of aromatic nitrogens is 2. The second-order valence-electron chi connectivity index (χ2n) is 5.70. The predicted octanol–water partition coefficient (Wildman–Crippen LogP) is 4.56. The van der Waals surface area contributed by atoms with E-state index in [1.165, 1.54) is 6.33 Å². The average Bonchev–Trinajstić information content (AvgIpc) is 2.66. The van der Waals surface area contributed by atoms with Crippen LogP contribution in [0.4, 0.5) is 5.69 Å². The molecule has 0 atom stereocenters. The Morgan fingerprint density at radius 1 is 1.00 bits per heavy atom. The Bertz CT molecular complexity index is 1110. The zero-order chi connectivity index (χ0) is 17.9. The molecule has 0 fully saturated rings. The Kier molecular flexibility index (Phi) is 4.50. The highest BCUT2D eigenvalue weighted by Crippen LogP contribution is 2.25. The molecular weight excluding hydrogens is 394 g/mol. The van der Waals surface area contributed by atoms with Crippen molar-refractivity contribution in [2.24, 2.45) is 0 Å². The lowest BCUT2D eigenvalue weighted by Gasteiger charge is -2.10. The smallest absolute Gasteiger partial charge is 0.262 e. The second-order valence-corrected chi connectivity index (χ2v) is 6.62. The first-order valence-electron chi connectivity index (χ1n) is 8.01. The molecule has 3 aromatic carbocycles. The lowest BCUT2D eigenvalue weighted by Crippen LogP contribution is -2.20. The van der Waals surface area contributed by atoms with E-state index < -0.39 is 0 Å². The number of carbonyl (C=O) groups excluding carboxylic acids is 1. The highest BCUT2D eigenvalue weighted by molar-refractivity contribution is 9.10. The first-order chi connectivity index (χ1) is 12.7. The number of carbonyl (C=O) groups is 1. The van der Waals surface area contributed by atoms with Gasteiger partial charge >= 0.3 is 0 Å². The molecule has 1 aromatic heterocycles. The lowest BCUT2D eigenvalue weighted by atomic mass is 10.1. The third-order valence-electron chi connectivity index (χ3n) is 3.96. The molecule has 1 heterocycles. The van der Waals surface area contributed by atoms with Gasteiger partial charge in [0.15, 0.2) is 6.61 Å². The summed E-state index contributed by atoms with van der Waals surface area (Å²) >= 11 is 3.42. The quantitative estimate of drug-likeness (QED) is 0.538. The number of hydrogen-bond acceptors (Lipinski definition) is 4. The molecule has 0 saturated carbocycles. The van der Waals surface area contributed by atoms with Crippen LogP contribution in [0.3, 0.4) is 0 Å². The number of nitrogens with one attached hydrogen (secondary N) is 1. The molecular formula is C20H14BrN3O2. The SMILES string of the molecule is O=C(COc1ncnc2ccc(Br)cc12)Nc1cccc2ccccc12. The number of ether oxygens (including phenoxy) is 1. The van der Waals surface area contributed by atoms with Gasteiger partial charge in [-0.2, -0.15) is 0 Å². The topological polar surface area (TPSA) is 64.1 Å². The molecule has 5 nitrogen and oxygen atoms in total. The summed E-state index contributed by atoms with van der Waals surface area (Å²) in [6.45, 7) is -0.137. The fraction of sp³-hybridized carbons (Fsp3) is 0.0500. The lowest BCUT2D eigenvalue weighted by molar-refractivity contribution is -0.118. The molecule has 0 unspecified atom stereocenters. The van der Waals surface area contributed by atoms with Crippen LogP contribution in [-0.4, -0.2) is 22.5 Å². The van der Waals surface area contributed by atoms with Crippen molar-refractivity contribution in [1.29, 1.82) is 0 Å². The van der Waals surface area contributed by atoms with Gasteiger partial charge in [-0.25, -0.2) is 9.97 Å². The Labute approximate surface area is 158 Å². The fourth-order valence-corrected chi connectivity index (χ4v) is 3.14. The molecule has 6 heteroatoms. The van der Waals surface area contributed by atoms with Crippen LogP contribution in [0.25, 0.3) is 21.7 Å². The summed E-state index contributed by atoms with van der Waals surface area (Å²) in [7, 11) is 0. The highest BCUT2D eigenvalue weighted by Gasteiger charge is 2.10. The van der Waals surface area contributed by atoms with Crippen molar-refractivity contribution in [3.63, 3.8) is 0 Å². The largest absolute Gasteiger partial charge is 0.467 e. The predicted molar refractivity (Wildman–Crippen MR) is 105 cm³/mol. The first kappa shape index (κ1) is 16.5. The van der Waals surface area contributed by atoms with E-state index in [4.69, 9.17) is 4.74 Å². The normalized spacial score (nSPS) is 10.8. The van der Waals surface area contributed by atoms with E-state index in [2.05, 4.69) is 31.2 Å². The van der Waals surface area contributed by atoms with Crippen LogP contribution < -0.4 is 10.1 Å². The summed E-state index contributed by atoms with van der Waals surface area (Å²) in [6, 6.07) is 19.3. The van der Waals surface area contributed by atoms with E-state index in [9.17, 15) is 4.79 Å². The number of fused-ring (bicyclic) bond motifs is 2. The van der Waals surface area contributed by atoms with E-state index in [0.717, 1.165) is 31.8 Å². The van der Waals surface area contributed by atoms with Crippen molar-refractivity contribution >= 4 is 49.2 Å². The molecule has 4 rings (SSSR count). The van der Waals surface area contributed by atoms with Gasteiger partial charge in [-0.1, -0.05) is 52.3 Å². The van der Waals surface area contributed by atoms with Crippen LogP contribution in [0.15, 0.2) is 71.5 Å². The van der Waals surface area contributed by atoms with Crippen LogP contribution in [0.1, 0.15) is 0 Å². The molecule has 0 spiro atoms. The van der Waals surface area contributed by atoms with Crippen molar-refractivity contribution < 1.29 is 9.53 Å². The highest BCUT2D eigenvalue weighted by atomic mass is 79.9. The molecule has 0 saturated heterocycles. The van der Waals surface area contributed by atoms with Crippen molar-refractivity contribution in [2.45, 2.75) is 0 Å². The minimum absolute atomic E-state index is 0.137. The van der Waals surface area contributed by atoms with E-state index in [1.807, 2.05) is 60.7 Å². The maximum Gasteiger partial charge on any atom is 0.262 e. The van der Waals surface area contributed by atoms with Gasteiger partial charge in [0.25, 0.3) is 5.91 Å². The van der Waals surface area contributed by atoms with E-state index in [0.29, 0.717) is 5.88 Å². The zero-order valence-electron chi connectivity index (χ0n) is 13.6. The fourth-order valence-electron chi connectivity index (χ4n) is 2.77. The molecule has 128 valence electrons. The molecule has 1 amide bonds. The number of rotatable bonds is 4. The molecule has 0 aliphatic heterocycles. The number of benzene rings is 3. The van der Waals surface area contributed by atoms with Crippen LogP contribution in [0.2, 0.25) is 0 Å². The van der Waals surface area contributed by atoms with Gasteiger partial charge in [0.2, 0.25) is 5.88 Å². The summed E-state index contributed by atoms with van der Waals surface area (Å²) in [6.07, 6.45) is 1.42. The van der Waals surface area contributed by atoms with Crippen molar-refractivity contribution in [3.05, 3.63) is 71.5 Å². The third-order valence-corrected chi connectivity index (χ3v) is 4.46. The van der Waals surface area contributed by atoms with Crippen LogP contribution in [-0.2, 0) is 4.79 Å². The van der Waals surface area contributed by atoms with Crippen LogP contribution in [0, 0.1) is 0 Å². The van der Waals surface area contributed by atoms with Crippen molar-refractivity contribution in [2.75, 3.05) is 11.9 Å².